The summed E-state index contributed by atoms with van der Waals surface area (Å²) in [5, 5.41) is 15.3. The molecule has 0 unspecified atom stereocenters. The molecule has 24 heavy (non-hydrogen) atoms. The molecular weight excluding hydrogens is 332 g/mol. The summed E-state index contributed by atoms with van der Waals surface area (Å²) in [6.07, 6.45) is -0.246. The van der Waals surface area contributed by atoms with E-state index in [1.54, 1.807) is 30.0 Å². The lowest BCUT2D eigenvalue weighted by molar-refractivity contribution is 0.0688. The van der Waals surface area contributed by atoms with Crippen molar-refractivity contribution >= 4 is 28.4 Å². The predicted octanol–water partition coefficient (Wildman–Crippen LogP) is 2.46. The first-order valence-corrected chi connectivity index (χ1v) is 7.96. The second kappa shape index (κ2) is 5.61. The van der Waals surface area contributed by atoms with Crippen LogP contribution in [0.2, 0.25) is 5.02 Å². The zero-order valence-electron chi connectivity index (χ0n) is 12.9. The van der Waals surface area contributed by atoms with Crippen LogP contribution in [0, 0.1) is 6.92 Å². The van der Waals surface area contributed by atoms with Crippen LogP contribution in [0.3, 0.4) is 0 Å². The Hall–Kier alpha value is -2.38. The van der Waals surface area contributed by atoms with E-state index in [1.165, 1.54) is 0 Å². The highest BCUT2D eigenvalue weighted by atomic mass is 35.5. The molecule has 2 N–H and O–H groups in total. The molecule has 1 saturated heterocycles. The predicted molar refractivity (Wildman–Crippen MR) is 86.7 cm³/mol. The molecule has 3 aromatic rings. The fourth-order valence-corrected chi connectivity index (χ4v) is 3.26. The Bertz CT molecular complexity index is 919. The summed E-state index contributed by atoms with van der Waals surface area (Å²) in [7, 11) is 0. The van der Waals surface area contributed by atoms with Crippen LogP contribution in [0.15, 0.2) is 28.8 Å². The van der Waals surface area contributed by atoms with Gasteiger partial charge in [0.05, 0.1) is 6.10 Å². The van der Waals surface area contributed by atoms with Crippen molar-refractivity contribution in [2.45, 2.75) is 25.5 Å². The average Bonchev–Trinajstić information content (AvgIpc) is 3.23. The number of nitrogens with one attached hydrogen (secondary N) is 1. The maximum absolute atomic E-state index is 12.9. The van der Waals surface area contributed by atoms with Gasteiger partial charge in [-0.25, -0.2) is 0 Å². The van der Waals surface area contributed by atoms with Crippen molar-refractivity contribution in [3.63, 3.8) is 0 Å². The van der Waals surface area contributed by atoms with E-state index in [-0.39, 0.29) is 12.5 Å². The SMILES string of the molecule is Cc1noc([C@H]2C[C@H](O)CN2C(=O)c2cc3ccc(Cl)cc3[nH]2)n1. The molecule has 0 bridgehead atoms. The smallest absolute Gasteiger partial charge is 0.271 e. The van der Waals surface area contributed by atoms with Gasteiger partial charge >= 0.3 is 0 Å². The normalized spacial score (nSPS) is 20.9. The number of aromatic nitrogens is 3. The number of aliphatic hydroxyl groups excluding tert-OH is 1. The van der Waals surface area contributed by atoms with Gasteiger partial charge < -0.3 is 19.5 Å². The molecule has 0 saturated carbocycles. The molecule has 0 aliphatic carbocycles. The number of aryl methyl sites for hydroxylation is 1. The number of fused-ring (bicyclic) bond motifs is 1. The number of amides is 1. The lowest BCUT2D eigenvalue weighted by atomic mass is 10.2. The molecule has 0 radical (unpaired) electrons. The van der Waals surface area contributed by atoms with Crippen LogP contribution in [0.5, 0.6) is 0 Å². The van der Waals surface area contributed by atoms with E-state index < -0.39 is 12.1 Å². The quantitative estimate of drug-likeness (QED) is 0.743. The van der Waals surface area contributed by atoms with Gasteiger partial charge in [-0.1, -0.05) is 22.8 Å². The van der Waals surface area contributed by atoms with Crippen LogP contribution in [0.25, 0.3) is 10.9 Å². The fraction of sp³-hybridized carbons (Fsp3) is 0.312. The first-order chi connectivity index (χ1) is 11.5. The van der Waals surface area contributed by atoms with E-state index in [0.29, 0.717) is 28.9 Å². The van der Waals surface area contributed by atoms with Gasteiger partial charge in [-0.2, -0.15) is 4.98 Å². The summed E-state index contributed by atoms with van der Waals surface area (Å²) in [4.78, 5) is 21.7. The molecule has 124 valence electrons. The molecule has 7 nitrogen and oxygen atoms in total. The van der Waals surface area contributed by atoms with Crippen molar-refractivity contribution in [2.75, 3.05) is 6.54 Å². The minimum Gasteiger partial charge on any atom is -0.391 e. The van der Waals surface area contributed by atoms with Gasteiger partial charge in [-0.05, 0) is 25.1 Å². The summed E-state index contributed by atoms with van der Waals surface area (Å²) < 4.78 is 5.19. The number of hydrogen-bond donors (Lipinski definition) is 2. The Morgan fingerprint density at radius 2 is 2.29 bits per heavy atom. The Morgan fingerprint density at radius 1 is 1.46 bits per heavy atom. The summed E-state index contributed by atoms with van der Waals surface area (Å²) in [5.74, 6) is 0.621. The zero-order valence-corrected chi connectivity index (χ0v) is 13.6. The van der Waals surface area contributed by atoms with E-state index in [9.17, 15) is 9.90 Å². The van der Waals surface area contributed by atoms with Crippen LogP contribution >= 0.6 is 11.6 Å². The van der Waals surface area contributed by atoms with Crippen LogP contribution < -0.4 is 0 Å². The van der Waals surface area contributed by atoms with E-state index >= 15 is 0 Å². The highest BCUT2D eigenvalue weighted by molar-refractivity contribution is 6.31. The number of carbonyl (C=O) groups excluding carboxylic acids is 1. The topological polar surface area (TPSA) is 95.3 Å². The van der Waals surface area contributed by atoms with Crippen LogP contribution in [-0.2, 0) is 0 Å². The minimum absolute atomic E-state index is 0.222. The molecule has 1 aliphatic rings. The monoisotopic (exact) mass is 346 g/mol. The number of benzene rings is 1. The molecule has 1 fully saturated rings. The van der Waals surface area contributed by atoms with Gasteiger partial charge in [0.15, 0.2) is 5.82 Å². The Morgan fingerprint density at radius 3 is 3.04 bits per heavy atom. The van der Waals surface area contributed by atoms with Crippen molar-refractivity contribution in [3.05, 3.63) is 46.7 Å². The highest BCUT2D eigenvalue weighted by Gasteiger charge is 2.39. The van der Waals surface area contributed by atoms with Crippen molar-refractivity contribution in [3.8, 4) is 0 Å². The van der Waals surface area contributed by atoms with Gasteiger partial charge in [0.2, 0.25) is 5.89 Å². The lowest BCUT2D eigenvalue weighted by Crippen LogP contribution is -2.32. The van der Waals surface area contributed by atoms with Gasteiger partial charge in [0.1, 0.15) is 11.7 Å². The molecule has 3 heterocycles. The number of H-pyrrole nitrogens is 1. The molecule has 1 aromatic carbocycles. The molecule has 1 amide bonds. The van der Waals surface area contributed by atoms with E-state index in [4.69, 9.17) is 16.1 Å². The van der Waals surface area contributed by atoms with Crippen LogP contribution in [0.4, 0.5) is 0 Å². The number of β-amino-alcohol motifs (C(OH)–C–C–N with tert-alkyl or cyclic N) is 1. The largest absolute Gasteiger partial charge is 0.391 e. The third kappa shape index (κ3) is 2.55. The number of nitrogens with zero attached hydrogens (tertiary/aromatic N) is 3. The van der Waals surface area contributed by atoms with Gasteiger partial charge in [0, 0.05) is 28.9 Å². The zero-order chi connectivity index (χ0) is 16.8. The van der Waals surface area contributed by atoms with E-state index in [0.717, 1.165) is 10.9 Å². The molecule has 8 heteroatoms. The molecule has 1 aliphatic heterocycles. The molecule has 2 aromatic heterocycles. The highest BCUT2D eigenvalue weighted by Crippen LogP contribution is 2.33. The maximum atomic E-state index is 12.9. The fourth-order valence-electron chi connectivity index (χ4n) is 3.09. The maximum Gasteiger partial charge on any atom is 0.271 e. The van der Waals surface area contributed by atoms with E-state index in [2.05, 4.69) is 15.1 Å². The number of halogens is 1. The van der Waals surface area contributed by atoms with Crippen LogP contribution in [0.1, 0.15) is 34.7 Å². The first kappa shape index (κ1) is 15.2. The van der Waals surface area contributed by atoms with Gasteiger partial charge in [-0.15, -0.1) is 0 Å². The Balaban J connectivity index is 1.68. The summed E-state index contributed by atoms with van der Waals surface area (Å²) in [5.41, 5.74) is 1.22. The molecule has 4 rings (SSSR count). The molecule has 2 atom stereocenters. The van der Waals surface area contributed by atoms with Gasteiger partial charge in [0.25, 0.3) is 5.91 Å². The number of hydrogen-bond acceptors (Lipinski definition) is 5. The van der Waals surface area contributed by atoms with Crippen molar-refractivity contribution in [1.82, 2.24) is 20.0 Å². The minimum atomic E-state index is -0.620. The van der Waals surface area contributed by atoms with E-state index in [1.807, 2.05) is 6.07 Å². The second-order valence-corrected chi connectivity index (χ2v) is 6.39. The molecule has 0 spiro atoms. The average molecular weight is 347 g/mol. The van der Waals surface area contributed by atoms with Crippen molar-refractivity contribution in [1.29, 1.82) is 0 Å². The number of rotatable bonds is 2. The number of carbonyl (C=O) groups is 1. The summed E-state index contributed by atoms with van der Waals surface area (Å²) in [6, 6.07) is 6.74. The standard InChI is InChI=1S/C16H15ClN4O3/c1-8-18-15(24-20-8)14-6-11(22)7-21(14)16(23)13-4-9-2-3-10(17)5-12(9)19-13/h2-5,11,14,19,22H,6-7H2,1H3/t11-,14+/m0/s1. The third-order valence-corrected chi connectivity index (χ3v) is 4.42. The number of aromatic amines is 1. The number of likely N-dealkylation sites (tertiary alicyclic amines) is 1. The van der Waals surface area contributed by atoms with Crippen molar-refractivity contribution < 1.29 is 14.4 Å². The Labute approximate surface area is 142 Å². The number of aliphatic hydroxyl groups is 1. The summed E-state index contributed by atoms with van der Waals surface area (Å²) >= 11 is 5.98. The van der Waals surface area contributed by atoms with Gasteiger partial charge in [-0.3, -0.25) is 4.79 Å². The Kier molecular flexibility index (Phi) is 3.54. The third-order valence-electron chi connectivity index (χ3n) is 4.18. The summed E-state index contributed by atoms with van der Waals surface area (Å²) in [6.45, 7) is 1.94. The first-order valence-electron chi connectivity index (χ1n) is 7.59. The van der Waals surface area contributed by atoms with Crippen LogP contribution in [-0.4, -0.2) is 43.7 Å². The molecular formula is C16H15ClN4O3. The second-order valence-electron chi connectivity index (χ2n) is 5.96. The lowest BCUT2D eigenvalue weighted by Gasteiger charge is -2.20. The van der Waals surface area contributed by atoms with Crippen molar-refractivity contribution in [2.24, 2.45) is 0 Å².